The molecule has 0 rings (SSSR count). The van der Waals surface area contributed by atoms with Crippen molar-refractivity contribution < 1.29 is 4.74 Å². The van der Waals surface area contributed by atoms with Crippen LogP contribution in [0.2, 0.25) is 0 Å². The average molecular weight is 175 g/mol. The molecule has 0 saturated heterocycles. The largest absolute Gasteiger partial charge is 0.469 e. The molecule has 0 aliphatic rings. The molecule has 4 heteroatoms. The zero-order valence-electron chi connectivity index (χ0n) is 5.79. The van der Waals surface area contributed by atoms with Crippen LogP contribution in [0.1, 0.15) is 19.8 Å². The van der Waals surface area contributed by atoms with Crippen LogP contribution >= 0.6 is 24.4 Å². The molecule has 0 atom stereocenters. The van der Waals surface area contributed by atoms with Crippen molar-refractivity contribution in [3.05, 3.63) is 0 Å². The molecule has 0 saturated carbocycles. The summed E-state index contributed by atoms with van der Waals surface area (Å²) in [5.74, 6) is 0. The van der Waals surface area contributed by atoms with E-state index in [4.69, 9.17) is 4.74 Å². The van der Waals surface area contributed by atoms with Gasteiger partial charge in [0.05, 0.1) is 11.8 Å². The third kappa shape index (κ3) is 5.82. The molecule has 0 aromatic heterocycles. The highest BCUT2D eigenvalue weighted by Crippen LogP contribution is 1.90. The van der Waals surface area contributed by atoms with Crippen LogP contribution in [0.4, 0.5) is 0 Å². The molecule has 0 spiro atoms. The van der Waals surface area contributed by atoms with E-state index in [1.54, 1.807) is 0 Å². The molecule has 0 radical (unpaired) electrons. The van der Waals surface area contributed by atoms with Crippen LogP contribution in [0.15, 0.2) is 4.99 Å². The minimum atomic E-state index is 0.184. The standard InChI is InChI=1S/C6H9NOS2/c1-2-3-4-8-6(10)7-5-9/h2-4H2,1H3. The Balaban J connectivity index is 3.31. The van der Waals surface area contributed by atoms with E-state index in [1.807, 2.05) is 0 Å². The normalized spacial score (nSPS) is 8.10. The molecule has 0 bridgehead atoms. The van der Waals surface area contributed by atoms with Crippen LogP contribution in [0, 0.1) is 0 Å². The third-order valence-corrected chi connectivity index (χ3v) is 1.16. The fourth-order valence-corrected chi connectivity index (χ4v) is 0.643. The fraction of sp³-hybridized carbons (Fsp3) is 0.667. The van der Waals surface area contributed by atoms with E-state index >= 15 is 0 Å². The Labute approximate surface area is 71.3 Å². The van der Waals surface area contributed by atoms with Gasteiger partial charge in [-0.25, -0.2) is 0 Å². The zero-order chi connectivity index (χ0) is 7.82. The SMILES string of the molecule is CCCCOC(=S)N=C=S. The van der Waals surface area contributed by atoms with Crippen LogP contribution in [0.3, 0.4) is 0 Å². The van der Waals surface area contributed by atoms with E-state index in [2.05, 4.69) is 41.5 Å². The molecule has 0 aliphatic carbocycles. The van der Waals surface area contributed by atoms with E-state index < -0.39 is 0 Å². The fourth-order valence-electron chi connectivity index (χ4n) is 0.373. The van der Waals surface area contributed by atoms with Gasteiger partial charge in [-0.3, -0.25) is 0 Å². The summed E-state index contributed by atoms with van der Waals surface area (Å²) in [6.45, 7) is 2.70. The summed E-state index contributed by atoms with van der Waals surface area (Å²) < 4.78 is 4.96. The number of hydrogen-bond donors (Lipinski definition) is 0. The highest BCUT2D eigenvalue weighted by atomic mass is 32.1. The predicted octanol–water partition coefficient (Wildman–Crippen LogP) is 2.19. The number of hydrogen-bond acceptors (Lipinski definition) is 3. The Morgan fingerprint density at radius 2 is 2.40 bits per heavy atom. The van der Waals surface area contributed by atoms with Crippen molar-refractivity contribution in [3.63, 3.8) is 0 Å². The molecule has 0 heterocycles. The molecular formula is C6H9NOS2. The first-order valence-corrected chi connectivity index (χ1v) is 3.87. The molecule has 0 unspecified atom stereocenters. The summed E-state index contributed by atoms with van der Waals surface area (Å²) in [5, 5.41) is 2.32. The molecule has 0 fully saturated rings. The van der Waals surface area contributed by atoms with Crippen LogP contribution < -0.4 is 0 Å². The molecular weight excluding hydrogens is 166 g/mol. The van der Waals surface area contributed by atoms with Crippen LogP contribution in [0.5, 0.6) is 0 Å². The van der Waals surface area contributed by atoms with Gasteiger partial charge < -0.3 is 4.74 Å². The topological polar surface area (TPSA) is 21.6 Å². The third-order valence-electron chi connectivity index (χ3n) is 0.860. The first kappa shape index (κ1) is 9.69. The predicted molar refractivity (Wildman–Crippen MR) is 48.5 cm³/mol. The van der Waals surface area contributed by atoms with Gasteiger partial charge in [-0.15, -0.1) is 4.99 Å². The first-order chi connectivity index (χ1) is 4.81. The second kappa shape index (κ2) is 6.81. The van der Waals surface area contributed by atoms with Gasteiger partial charge in [0.2, 0.25) is 0 Å². The van der Waals surface area contributed by atoms with Crippen molar-refractivity contribution in [2.45, 2.75) is 19.8 Å². The maximum atomic E-state index is 4.96. The lowest BCUT2D eigenvalue weighted by atomic mass is 10.4. The lowest BCUT2D eigenvalue weighted by molar-refractivity contribution is 0.301. The first-order valence-electron chi connectivity index (χ1n) is 3.06. The van der Waals surface area contributed by atoms with Crippen molar-refractivity contribution in [1.29, 1.82) is 0 Å². The van der Waals surface area contributed by atoms with Crippen LogP contribution in [0.25, 0.3) is 0 Å². The maximum absolute atomic E-state index is 4.96. The second-order valence-corrected chi connectivity index (χ2v) is 2.20. The number of ether oxygens (including phenoxy) is 1. The van der Waals surface area contributed by atoms with Gasteiger partial charge in [-0.2, -0.15) is 0 Å². The van der Waals surface area contributed by atoms with Gasteiger partial charge in [-0.05, 0) is 30.9 Å². The zero-order valence-corrected chi connectivity index (χ0v) is 7.43. The summed E-state index contributed by atoms with van der Waals surface area (Å²) in [5.41, 5.74) is 0. The van der Waals surface area contributed by atoms with Crippen molar-refractivity contribution >= 4 is 34.8 Å². The lowest BCUT2D eigenvalue weighted by Gasteiger charge is -1.98. The van der Waals surface area contributed by atoms with Gasteiger partial charge in [0, 0.05) is 0 Å². The quantitative estimate of drug-likeness (QED) is 0.373. The van der Waals surface area contributed by atoms with Crippen LogP contribution in [-0.4, -0.2) is 16.9 Å². The minimum absolute atomic E-state index is 0.184. The summed E-state index contributed by atoms with van der Waals surface area (Å²) in [6.07, 6.45) is 2.08. The van der Waals surface area contributed by atoms with Crippen molar-refractivity contribution in [3.8, 4) is 0 Å². The molecule has 0 aromatic rings. The van der Waals surface area contributed by atoms with E-state index in [-0.39, 0.29) is 5.17 Å². The smallest absolute Gasteiger partial charge is 0.292 e. The van der Waals surface area contributed by atoms with Crippen LogP contribution in [-0.2, 0) is 4.74 Å². The Morgan fingerprint density at radius 3 is 2.90 bits per heavy atom. The Hall–Kier alpha value is -0.310. The number of aliphatic imine (C=N–C) groups is 1. The van der Waals surface area contributed by atoms with E-state index in [0.717, 1.165) is 12.8 Å². The lowest BCUT2D eigenvalue weighted by Crippen LogP contribution is -1.98. The Kier molecular flexibility index (Phi) is 6.59. The molecule has 2 nitrogen and oxygen atoms in total. The molecule has 0 aromatic carbocycles. The van der Waals surface area contributed by atoms with Crippen molar-refractivity contribution in [2.75, 3.05) is 6.61 Å². The maximum Gasteiger partial charge on any atom is 0.292 e. The summed E-state index contributed by atoms with van der Waals surface area (Å²) >= 11 is 8.97. The van der Waals surface area contributed by atoms with Crippen molar-refractivity contribution in [2.24, 2.45) is 4.99 Å². The van der Waals surface area contributed by atoms with E-state index in [9.17, 15) is 0 Å². The second-order valence-electron chi connectivity index (χ2n) is 1.67. The molecule has 0 amide bonds. The number of rotatable bonds is 3. The molecule has 56 valence electrons. The Morgan fingerprint density at radius 1 is 1.70 bits per heavy atom. The summed E-state index contributed by atoms with van der Waals surface area (Å²) in [7, 11) is 0. The number of nitrogens with zero attached hydrogens (tertiary/aromatic N) is 1. The highest BCUT2D eigenvalue weighted by molar-refractivity contribution is 7.80. The van der Waals surface area contributed by atoms with Gasteiger partial charge in [0.15, 0.2) is 0 Å². The van der Waals surface area contributed by atoms with Gasteiger partial charge >= 0.3 is 0 Å². The average Bonchev–Trinajstić information content (AvgIpc) is 1.89. The van der Waals surface area contributed by atoms with Gasteiger partial charge in [0.25, 0.3) is 5.17 Å². The molecule has 10 heavy (non-hydrogen) atoms. The van der Waals surface area contributed by atoms with Gasteiger partial charge in [-0.1, -0.05) is 13.3 Å². The van der Waals surface area contributed by atoms with Crippen molar-refractivity contribution in [1.82, 2.24) is 0 Å². The Bertz CT molecular complexity index is 152. The highest BCUT2D eigenvalue weighted by Gasteiger charge is 1.89. The number of thiocarbonyl (C=S) groups is 2. The van der Waals surface area contributed by atoms with E-state index in [0.29, 0.717) is 6.61 Å². The minimum Gasteiger partial charge on any atom is -0.469 e. The molecule has 0 aliphatic heterocycles. The monoisotopic (exact) mass is 175 g/mol. The van der Waals surface area contributed by atoms with E-state index in [1.165, 1.54) is 0 Å². The van der Waals surface area contributed by atoms with Gasteiger partial charge in [0.1, 0.15) is 0 Å². The molecule has 0 N–H and O–H groups in total. The number of isothiocyanates is 1. The number of unbranched alkanes of at least 4 members (excludes halogenated alkanes) is 1. The summed E-state index contributed by atoms with van der Waals surface area (Å²) in [6, 6.07) is 0. The summed E-state index contributed by atoms with van der Waals surface area (Å²) in [4.78, 5) is 3.47.